The van der Waals surface area contributed by atoms with E-state index in [4.69, 9.17) is 0 Å². The standard InChI is InChI=1S/C21H26N2O2/c1-2-21(10-9-19(24)23-20(21)25)17-5-7-18(8-6-17)22-13-16-12-14-3-4-15(16)11-14/h3-8,14-16,22H,2,9-13H2,1H3,(H,23,24,25)/t14-,15-,16+,21-/m0/s1. The van der Waals surface area contributed by atoms with Crippen LogP contribution in [-0.2, 0) is 15.0 Å². The number of amides is 2. The normalized spacial score (nSPS) is 33.6. The van der Waals surface area contributed by atoms with Gasteiger partial charge in [0.2, 0.25) is 11.8 Å². The van der Waals surface area contributed by atoms with Crippen molar-refractivity contribution in [1.29, 1.82) is 0 Å². The van der Waals surface area contributed by atoms with Crippen LogP contribution in [0.3, 0.4) is 0 Å². The maximum absolute atomic E-state index is 12.5. The van der Waals surface area contributed by atoms with E-state index in [1.807, 2.05) is 19.1 Å². The van der Waals surface area contributed by atoms with Gasteiger partial charge in [0.05, 0.1) is 5.41 Å². The van der Waals surface area contributed by atoms with Crippen LogP contribution < -0.4 is 10.6 Å². The van der Waals surface area contributed by atoms with Gasteiger partial charge in [-0.15, -0.1) is 0 Å². The van der Waals surface area contributed by atoms with Crippen LogP contribution >= 0.6 is 0 Å². The average molecular weight is 338 g/mol. The van der Waals surface area contributed by atoms with Gasteiger partial charge in [0.1, 0.15) is 0 Å². The maximum atomic E-state index is 12.5. The number of benzene rings is 1. The van der Waals surface area contributed by atoms with E-state index in [2.05, 4.69) is 34.9 Å². The van der Waals surface area contributed by atoms with Crippen LogP contribution in [0.2, 0.25) is 0 Å². The minimum absolute atomic E-state index is 0.152. The molecule has 1 aromatic rings. The molecule has 4 nitrogen and oxygen atoms in total. The summed E-state index contributed by atoms with van der Waals surface area (Å²) in [5.41, 5.74) is 1.55. The third kappa shape index (κ3) is 2.88. The SMILES string of the molecule is CC[C@@]1(c2ccc(NC[C@H]3C[C@H]4C=C[C@H]3C4)cc2)CCC(=O)NC1=O. The van der Waals surface area contributed by atoms with Gasteiger partial charge in [-0.25, -0.2) is 0 Å². The first-order chi connectivity index (χ1) is 12.1. The molecule has 2 amide bonds. The van der Waals surface area contributed by atoms with Gasteiger partial charge in [0.15, 0.2) is 0 Å². The number of hydrogen-bond acceptors (Lipinski definition) is 3. The van der Waals surface area contributed by atoms with Crippen molar-refractivity contribution in [3.05, 3.63) is 42.0 Å². The fourth-order valence-corrected chi connectivity index (χ4v) is 4.85. The molecule has 0 unspecified atom stereocenters. The van der Waals surface area contributed by atoms with E-state index in [1.165, 1.54) is 12.8 Å². The van der Waals surface area contributed by atoms with Gasteiger partial charge in [0, 0.05) is 18.7 Å². The number of anilines is 1. The van der Waals surface area contributed by atoms with E-state index < -0.39 is 5.41 Å². The summed E-state index contributed by atoms with van der Waals surface area (Å²) in [6.45, 7) is 3.03. The van der Waals surface area contributed by atoms with Crippen LogP contribution in [-0.4, -0.2) is 18.4 Å². The van der Waals surface area contributed by atoms with E-state index in [1.54, 1.807) is 0 Å². The van der Waals surface area contributed by atoms with E-state index in [0.29, 0.717) is 19.3 Å². The third-order valence-electron chi connectivity index (χ3n) is 6.49. The van der Waals surface area contributed by atoms with Gasteiger partial charge < -0.3 is 5.32 Å². The second-order valence-corrected chi connectivity index (χ2v) is 7.81. The third-order valence-corrected chi connectivity index (χ3v) is 6.49. The zero-order chi connectivity index (χ0) is 17.4. The largest absolute Gasteiger partial charge is 0.385 e. The molecule has 4 rings (SSSR count). The predicted molar refractivity (Wildman–Crippen MR) is 98.1 cm³/mol. The van der Waals surface area contributed by atoms with Gasteiger partial charge >= 0.3 is 0 Å². The zero-order valence-electron chi connectivity index (χ0n) is 14.8. The van der Waals surface area contributed by atoms with Crippen LogP contribution in [0.5, 0.6) is 0 Å². The first-order valence-electron chi connectivity index (χ1n) is 9.48. The smallest absolute Gasteiger partial charge is 0.237 e. The predicted octanol–water partition coefficient (Wildman–Crippen LogP) is 3.40. The van der Waals surface area contributed by atoms with Gasteiger partial charge in [-0.1, -0.05) is 31.2 Å². The van der Waals surface area contributed by atoms with Crippen molar-refractivity contribution in [2.75, 3.05) is 11.9 Å². The zero-order valence-corrected chi connectivity index (χ0v) is 14.8. The van der Waals surface area contributed by atoms with Crippen molar-refractivity contribution in [1.82, 2.24) is 5.32 Å². The molecule has 2 bridgehead atoms. The van der Waals surface area contributed by atoms with Gasteiger partial charge in [-0.3, -0.25) is 14.9 Å². The molecule has 2 N–H and O–H groups in total. The lowest BCUT2D eigenvalue weighted by molar-refractivity contribution is -0.138. The van der Waals surface area contributed by atoms with Crippen LogP contribution in [0.15, 0.2) is 36.4 Å². The summed E-state index contributed by atoms with van der Waals surface area (Å²) in [4.78, 5) is 23.9. The van der Waals surface area contributed by atoms with Crippen LogP contribution in [0.4, 0.5) is 5.69 Å². The summed E-state index contributed by atoms with van der Waals surface area (Å²) in [6, 6.07) is 8.23. The van der Waals surface area contributed by atoms with Crippen molar-refractivity contribution < 1.29 is 9.59 Å². The Morgan fingerprint density at radius 1 is 1.16 bits per heavy atom. The van der Waals surface area contributed by atoms with Crippen LogP contribution in [0, 0.1) is 17.8 Å². The number of nitrogens with one attached hydrogen (secondary N) is 2. The van der Waals surface area contributed by atoms with Gasteiger partial charge in [-0.2, -0.15) is 0 Å². The number of hydrogen-bond donors (Lipinski definition) is 2. The molecule has 4 heteroatoms. The van der Waals surface area contributed by atoms with Gasteiger partial charge in [-0.05, 0) is 61.1 Å². The van der Waals surface area contributed by atoms with E-state index in [-0.39, 0.29) is 11.8 Å². The summed E-state index contributed by atoms with van der Waals surface area (Å²) in [5, 5.41) is 6.07. The molecule has 0 aromatic heterocycles. The Balaban J connectivity index is 1.43. The fraction of sp³-hybridized carbons (Fsp3) is 0.524. The topological polar surface area (TPSA) is 58.2 Å². The molecule has 25 heavy (non-hydrogen) atoms. The minimum atomic E-state index is -0.568. The number of imide groups is 1. The van der Waals surface area contributed by atoms with Crippen LogP contribution in [0.1, 0.15) is 44.6 Å². The van der Waals surface area contributed by atoms with Crippen LogP contribution in [0.25, 0.3) is 0 Å². The molecule has 132 valence electrons. The Hall–Kier alpha value is -2.10. The van der Waals surface area contributed by atoms with E-state index in [9.17, 15) is 9.59 Å². The highest BCUT2D eigenvalue weighted by molar-refractivity contribution is 6.03. The van der Waals surface area contributed by atoms with Crippen molar-refractivity contribution in [3.63, 3.8) is 0 Å². The van der Waals surface area contributed by atoms with Crippen molar-refractivity contribution in [2.24, 2.45) is 17.8 Å². The second kappa shape index (κ2) is 6.32. The molecular formula is C21H26N2O2. The van der Waals surface area contributed by atoms with Gasteiger partial charge in [0.25, 0.3) is 0 Å². The number of rotatable bonds is 5. The molecule has 1 heterocycles. The molecule has 0 spiro atoms. The number of carbonyl (C=O) groups is 2. The lowest BCUT2D eigenvalue weighted by atomic mass is 9.72. The molecule has 1 aliphatic heterocycles. The first-order valence-corrected chi connectivity index (χ1v) is 9.48. The molecule has 1 saturated carbocycles. The quantitative estimate of drug-likeness (QED) is 0.639. The monoisotopic (exact) mass is 338 g/mol. The molecule has 3 aliphatic rings. The lowest BCUT2D eigenvalue weighted by Crippen LogP contribution is -2.51. The maximum Gasteiger partial charge on any atom is 0.237 e. The molecule has 2 aliphatic carbocycles. The number of allylic oxidation sites excluding steroid dienone is 2. The Morgan fingerprint density at radius 3 is 2.56 bits per heavy atom. The molecule has 4 atom stereocenters. The highest BCUT2D eigenvalue weighted by Gasteiger charge is 2.42. The number of carbonyl (C=O) groups excluding carboxylic acids is 2. The molecule has 0 radical (unpaired) electrons. The van der Waals surface area contributed by atoms with E-state index in [0.717, 1.165) is 35.5 Å². The van der Waals surface area contributed by atoms with Crippen molar-refractivity contribution in [3.8, 4) is 0 Å². The minimum Gasteiger partial charge on any atom is -0.385 e. The fourth-order valence-electron chi connectivity index (χ4n) is 4.85. The Labute approximate surface area is 149 Å². The molecule has 1 aromatic carbocycles. The molecular weight excluding hydrogens is 312 g/mol. The van der Waals surface area contributed by atoms with E-state index >= 15 is 0 Å². The highest BCUT2D eigenvalue weighted by atomic mass is 16.2. The molecule has 2 fully saturated rings. The Morgan fingerprint density at radius 2 is 1.96 bits per heavy atom. The second-order valence-electron chi connectivity index (χ2n) is 7.81. The molecule has 1 saturated heterocycles. The summed E-state index contributed by atoms with van der Waals surface area (Å²) in [7, 11) is 0. The first kappa shape index (κ1) is 16.4. The lowest BCUT2D eigenvalue weighted by Gasteiger charge is -2.35. The number of piperidine rings is 1. The highest BCUT2D eigenvalue weighted by Crippen LogP contribution is 2.43. The summed E-state index contributed by atoms with van der Waals surface area (Å²) >= 11 is 0. The summed E-state index contributed by atoms with van der Waals surface area (Å²) < 4.78 is 0. The Kier molecular flexibility index (Phi) is 4.14. The summed E-state index contributed by atoms with van der Waals surface area (Å²) in [5.74, 6) is 1.99. The average Bonchev–Trinajstić information content (AvgIpc) is 3.24. The summed E-state index contributed by atoms with van der Waals surface area (Å²) in [6.07, 6.45) is 9.11. The van der Waals surface area contributed by atoms with Crippen molar-refractivity contribution in [2.45, 2.75) is 44.4 Å². The Bertz CT molecular complexity index is 709. The van der Waals surface area contributed by atoms with Crippen molar-refractivity contribution >= 4 is 17.5 Å². The number of fused-ring (bicyclic) bond motifs is 2.